The number of hydrazine groups is 1. The molecule has 6 atom stereocenters. The van der Waals surface area contributed by atoms with Crippen LogP contribution in [0.4, 0.5) is 11.4 Å². The van der Waals surface area contributed by atoms with E-state index in [1.54, 1.807) is 36.4 Å². The van der Waals surface area contributed by atoms with Crippen molar-refractivity contribution in [3.05, 3.63) is 130 Å². The summed E-state index contributed by atoms with van der Waals surface area (Å²) in [5.41, 5.74) is 5.91. The van der Waals surface area contributed by atoms with Crippen LogP contribution in [0.3, 0.4) is 0 Å². The second kappa shape index (κ2) is 12.0. The summed E-state index contributed by atoms with van der Waals surface area (Å²) in [4.78, 5) is 59.7. The van der Waals surface area contributed by atoms with Gasteiger partial charge < -0.3 is 9.84 Å². The van der Waals surface area contributed by atoms with E-state index in [1.165, 1.54) is 12.0 Å². The Balaban J connectivity index is 1.35. The van der Waals surface area contributed by atoms with Crippen molar-refractivity contribution >= 4 is 50.9 Å². The van der Waals surface area contributed by atoms with Gasteiger partial charge in [-0.3, -0.25) is 29.5 Å². The number of rotatable bonds is 6. The third-order valence-electron chi connectivity index (χ3n) is 11.0. The van der Waals surface area contributed by atoms with Crippen LogP contribution < -0.4 is 15.1 Å². The Kier molecular flexibility index (Phi) is 7.67. The number of aryl methyl sites for hydroxylation is 1. The number of allylic oxidation sites excluding steroid dienone is 2. The fourth-order valence-corrected chi connectivity index (χ4v) is 9.33. The van der Waals surface area contributed by atoms with Crippen LogP contribution in [-0.2, 0) is 24.6 Å². The number of halogens is 1. The van der Waals surface area contributed by atoms with Gasteiger partial charge in [0.25, 0.3) is 11.8 Å². The van der Waals surface area contributed by atoms with Gasteiger partial charge in [0, 0.05) is 5.92 Å². The van der Waals surface area contributed by atoms with Crippen molar-refractivity contribution in [3.8, 4) is 11.5 Å². The summed E-state index contributed by atoms with van der Waals surface area (Å²) < 4.78 is 5.94. The van der Waals surface area contributed by atoms with Gasteiger partial charge in [0.15, 0.2) is 11.5 Å². The number of carbonyl (C=O) groups excluding carboxylic acids is 4. The van der Waals surface area contributed by atoms with Crippen molar-refractivity contribution in [2.24, 2.45) is 23.7 Å². The smallest absolute Gasteiger partial charge is 0.260 e. The van der Waals surface area contributed by atoms with Crippen molar-refractivity contribution in [3.63, 3.8) is 0 Å². The Morgan fingerprint density at radius 2 is 1.54 bits per heavy atom. The molecule has 2 heterocycles. The van der Waals surface area contributed by atoms with Crippen LogP contribution in [0, 0.1) is 30.6 Å². The summed E-state index contributed by atoms with van der Waals surface area (Å²) in [7, 11) is 1.45. The first-order valence-electron chi connectivity index (χ1n) is 16.6. The molecule has 4 aliphatic rings. The first-order chi connectivity index (χ1) is 24.2. The molecule has 9 nitrogen and oxygen atoms in total. The minimum Gasteiger partial charge on any atom is -0.503 e. The number of methoxy groups -OCH3 is 1. The summed E-state index contributed by atoms with van der Waals surface area (Å²) in [6.45, 7) is 1.96. The molecule has 4 aromatic rings. The molecule has 4 aromatic carbocycles. The van der Waals surface area contributed by atoms with Crippen LogP contribution in [0.25, 0.3) is 0 Å². The van der Waals surface area contributed by atoms with Crippen LogP contribution in [0.5, 0.6) is 11.5 Å². The van der Waals surface area contributed by atoms with Crippen molar-refractivity contribution in [1.82, 2.24) is 5.01 Å². The Bertz CT molecular complexity index is 2090. The SMILES string of the molecule is COc1cc([C@H]2C3=CC[C@@H]4C(=O)N(c5ccccc5)C(=O)[C@@H]4[C@@H]3C[C@H]3C(=O)N(Nc4ccc(C)cc4)C(=O)[C@@]23c2ccccc2)cc(Br)c1O. The number of hydrogen-bond donors (Lipinski definition) is 2. The maximum Gasteiger partial charge on any atom is 0.260 e. The second-order valence-corrected chi connectivity index (χ2v) is 14.3. The zero-order chi connectivity index (χ0) is 34.9. The molecular weight excluding hydrogens is 698 g/mol. The molecule has 0 aromatic heterocycles. The highest BCUT2D eigenvalue weighted by atomic mass is 79.9. The van der Waals surface area contributed by atoms with Crippen LogP contribution in [0.15, 0.2) is 113 Å². The van der Waals surface area contributed by atoms with E-state index < -0.39 is 46.8 Å². The fourth-order valence-electron chi connectivity index (χ4n) is 8.87. The predicted octanol–water partition coefficient (Wildman–Crippen LogP) is 6.66. The Morgan fingerprint density at radius 3 is 2.22 bits per heavy atom. The number of imide groups is 2. The lowest BCUT2D eigenvalue weighted by molar-refractivity contribution is -0.138. The summed E-state index contributed by atoms with van der Waals surface area (Å²) in [6.07, 6.45) is 2.51. The van der Waals surface area contributed by atoms with Crippen molar-refractivity contribution in [2.75, 3.05) is 17.4 Å². The first-order valence-corrected chi connectivity index (χ1v) is 17.4. The molecule has 0 spiro atoms. The minimum absolute atomic E-state index is 0.0989. The zero-order valence-electron chi connectivity index (χ0n) is 27.4. The topological polar surface area (TPSA) is 116 Å². The summed E-state index contributed by atoms with van der Waals surface area (Å²) in [6, 6.07) is 29.1. The second-order valence-electron chi connectivity index (χ2n) is 13.5. The van der Waals surface area contributed by atoms with Crippen molar-refractivity contribution in [1.29, 1.82) is 0 Å². The van der Waals surface area contributed by atoms with Gasteiger partial charge in [-0.25, -0.2) is 0 Å². The summed E-state index contributed by atoms with van der Waals surface area (Å²) >= 11 is 3.49. The molecule has 10 heteroatoms. The number of phenolic OH excluding ortho intramolecular Hbond substituents is 1. The molecule has 2 N–H and O–H groups in total. The van der Waals surface area contributed by atoms with Gasteiger partial charge in [0.2, 0.25) is 11.8 Å². The van der Waals surface area contributed by atoms with Crippen molar-refractivity contribution < 1.29 is 29.0 Å². The largest absolute Gasteiger partial charge is 0.503 e. The summed E-state index contributed by atoms with van der Waals surface area (Å²) in [5.74, 6) is -4.78. The molecule has 50 heavy (non-hydrogen) atoms. The molecule has 2 aliphatic heterocycles. The number of nitrogens with zero attached hydrogens (tertiary/aromatic N) is 2. The quantitative estimate of drug-likeness (QED) is 0.168. The first kappa shape index (κ1) is 32.0. The lowest BCUT2D eigenvalue weighted by Crippen LogP contribution is -2.53. The number of ether oxygens (including phenoxy) is 1. The van der Waals surface area contributed by atoms with Gasteiger partial charge >= 0.3 is 0 Å². The molecule has 2 aliphatic carbocycles. The monoisotopic (exact) mass is 731 g/mol. The van der Waals surface area contributed by atoms with Gasteiger partial charge in [0.1, 0.15) is 0 Å². The maximum absolute atomic E-state index is 15.3. The Labute approximate surface area is 297 Å². The molecule has 4 amide bonds. The lowest BCUT2D eigenvalue weighted by atomic mass is 9.49. The molecule has 1 saturated carbocycles. The van der Waals surface area contributed by atoms with E-state index in [9.17, 15) is 19.5 Å². The highest BCUT2D eigenvalue weighted by Crippen LogP contribution is 2.64. The molecule has 0 bridgehead atoms. The van der Waals surface area contributed by atoms with Gasteiger partial charge in [-0.2, -0.15) is 5.01 Å². The van der Waals surface area contributed by atoms with Crippen LogP contribution >= 0.6 is 15.9 Å². The number of nitrogens with one attached hydrogen (secondary N) is 1. The van der Waals surface area contributed by atoms with E-state index in [2.05, 4.69) is 21.4 Å². The molecule has 0 unspecified atom stereocenters. The Hall–Kier alpha value is -5.22. The van der Waals surface area contributed by atoms with Gasteiger partial charge in [0.05, 0.1) is 46.1 Å². The van der Waals surface area contributed by atoms with Crippen LogP contribution in [0.1, 0.15) is 35.4 Å². The number of benzene rings is 4. The average molecular weight is 733 g/mol. The predicted molar refractivity (Wildman–Crippen MR) is 190 cm³/mol. The number of carbonyl (C=O) groups is 4. The third kappa shape index (κ3) is 4.57. The minimum atomic E-state index is -1.43. The highest BCUT2D eigenvalue weighted by Gasteiger charge is 2.70. The van der Waals surface area contributed by atoms with E-state index in [1.807, 2.05) is 73.7 Å². The molecule has 3 fully saturated rings. The van der Waals surface area contributed by atoms with E-state index in [0.29, 0.717) is 33.4 Å². The number of aromatic hydroxyl groups is 1. The maximum atomic E-state index is 15.3. The number of phenols is 1. The number of hydrogen-bond acceptors (Lipinski definition) is 7. The number of para-hydroxylation sites is 1. The molecule has 252 valence electrons. The van der Waals surface area contributed by atoms with Crippen LogP contribution in [0.2, 0.25) is 0 Å². The normalized spacial score (nSPS) is 27.1. The van der Waals surface area contributed by atoms with E-state index in [0.717, 1.165) is 16.1 Å². The number of anilines is 2. The van der Waals surface area contributed by atoms with Gasteiger partial charge in [-0.1, -0.05) is 77.9 Å². The highest BCUT2D eigenvalue weighted by molar-refractivity contribution is 9.10. The number of fused-ring (bicyclic) bond motifs is 4. The lowest BCUT2D eigenvalue weighted by Gasteiger charge is -2.50. The standard InChI is InChI=1S/C40H34BrN3O6/c1-22-13-15-25(16-14-22)42-44-37(47)30-21-29-27(17-18-28-33(29)38(48)43(36(28)46)26-11-7-4-8-12-26)34(23-19-31(41)35(45)32(20-23)50-2)40(30,39(44)49)24-9-5-3-6-10-24/h3-17,19-20,28-30,33-34,42,45H,18,21H2,1-2H3/t28-,29+,30-,33-,34-,40+/m0/s1. The molecule has 8 rings (SSSR count). The zero-order valence-corrected chi connectivity index (χ0v) is 29.0. The van der Waals surface area contributed by atoms with Gasteiger partial charge in [-0.15, -0.1) is 0 Å². The number of amides is 4. The third-order valence-corrected chi connectivity index (χ3v) is 11.6. The van der Waals surface area contributed by atoms with Crippen molar-refractivity contribution in [2.45, 2.75) is 31.1 Å². The van der Waals surface area contributed by atoms with Gasteiger partial charge in [-0.05, 0) is 89.1 Å². The molecule has 0 radical (unpaired) electrons. The van der Waals surface area contributed by atoms with E-state index in [-0.39, 0.29) is 29.7 Å². The fraction of sp³-hybridized carbons (Fsp3) is 0.250. The van der Waals surface area contributed by atoms with E-state index in [4.69, 9.17) is 4.74 Å². The van der Waals surface area contributed by atoms with E-state index >= 15 is 4.79 Å². The molecule has 2 saturated heterocycles. The average Bonchev–Trinajstić information content (AvgIpc) is 3.51. The Morgan fingerprint density at radius 1 is 0.860 bits per heavy atom. The van der Waals surface area contributed by atoms with Crippen LogP contribution in [-0.4, -0.2) is 40.9 Å². The molecular formula is C40H34BrN3O6. The summed E-state index contributed by atoms with van der Waals surface area (Å²) in [5, 5.41) is 12.0.